The van der Waals surface area contributed by atoms with E-state index in [2.05, 4.69) is 33.0 Å². The van der Waals surface area contributed by atoms with Crippen molar-refractivity contribution in [2.75, 3.05) is 6.61 Å². The van der Waals surface area contributed by atoms with Crippen LogP contribution in [-0.4, -0.2) is 24.2 Å². The van der Waals surface area contributed by atoms with E-state index in [1.165, 1.54) is 0 Å². The summed E-state index contributed by atoms with van der Waals surface area (Å²) < 4.78 is 5.25. The van der Waals surface area contributed by atoms with Gasteiger partial charge in [0.1, 0.15) is 5.54 Å². The summed E-state index contributed by atoms with van der Waals surface area (Å²) in [5, 5.41) is 3.44. The monoisotopic (exact) mass is 241 g/mol. The van der Waals surface area contributed by atoms with E-state index in [-0.39, 0.29) is 5.97 Å². The van der Waals surface area contributed by atoms with Crippen LogP contribution < -0.4 is 5.32 Å². The van der Waals surface area contributed by atoms with Crippen LogP contribution in [-0.2, 0) is 9.53 Å². The number of carbonyl (C=O) groups is 1. The van der Waals surface area contributed by atoms with Crippen molar-refractivity contribution in [1.82, 2.24) is 5.32 Å². The molecule has 0 bridgehead atoms. The molecule has 0 amide bonds. The third-order valence-corrected chi connectivity index (χ3v) is 3.69. The fraction of sp³-hybridized carbons (Fsp3) is 0.929. The smallest absolute Gasteiger partial charge is 0.326 e. The van der Waals surface area contributed by atoms with Gasteiger partial charge in [0.05, 0.1) is 6.61 Å². The highest BCUT2D eigenvalue weighted by Crippen LogP contribution is 2.41. The van der Waals surface area contributed by atoms with Gasteiger partial charge in [-0.05, 0) is 51.9 Å². The molecule has 100 valence electrons. The summed E-state index contributed by atoms with van der Waals surface area (Å²) in [6.07, 6.45) is 3.92. The summed E-state index contributed by atoms with van der Waals surface area (Å²) >= 11 is 0. The van der Waals surface area contributed by atoms with Crippen LogP contribution >= 0.6 is 0 Å². The molecule has 3 nitrogen and oxygen atoms in total. The van der Waals surface area contributed by atoms with Gasteiger partial charge in [-0.3, -0.25) is 10.1 Å². The Hall–Kier alpha value is -0.570. The Bertz CT molecular complexity index is 261. The molecule has 1 fully saturated rings. The minimum absolute atomic E-state index is 0.0656. The highest BCUT2D eigenvalue weighted by Gasteiger charge is 2.45. The standard InChI is InChI=1S/C14H27NO2/c1-6-17-12(16)14(15-11(2)3)9-7-13(4,5)8-10-14/h11,15H,6-10H2,1-5H3. The van der Waals surface area contributed by atoms with E-state index in [4.69, 9.17) is 4.74 Å². The van der Waals surface area contributed by atoms with Gasteiger partial charge in [0.15, 0.2) is 0 Å². The Kier molecular flexibility index (Phi) is 4.59. The van der Waals surface area contributed by atoms with Crippen LogP contribution in [0.4, 0.5) is 0 Å². The average Bonchev–Trinajstić information content (AvgIpc) is 2.21. The molecular weight excluding hydrogens is 214 g/mol. The molecule has 0 heterocycles. The third kappa shape index (κ3) is 3.70. The predicted octanol–water partition coefficient (Wildman–Crippen LogP) is 2.89. The van der Waals surface area contributed by atoms with Crippen LogP contribution in [0.2, 0.25) is 0 Å². The lowest BCUT2D eigenvalue weighted by Gasteiger charge is -2.43. The number of ether oxygens (including phenoxy) is 1. The number of esters is 1. The second kappa shape index (κ2) is 5.38. The molecule has 0 unspecified atom stereocenters. The molecule has 0 spiro atoms. The second-order valence-electron chi connectivity index (χ2n) is 6.27. The zero-order valence-electron chi connectivity index (χ0n) is 11.9. The normalized spacial score (nSPS) is 22.5. The number of nitrogens with one attached hydrogen (secondary N) is 1. The van der Waals surface area contributed by atoms with Crippen LogP contribution in [0.3, 0.4) is 0 Å². The van der Waals surface area contributed by atoms with Gasteiger partial charge in [-0.15, -0.1) is 0 Å². The van der Waals surface area contributed by atoms with Gasteiger partial charge < -0.3 is 4.74 Å². The maximum atomic E-state index is 12.2. The fourth-order valence-corrected chi connectivity index (χ4v) is 2.58. The van der Waals surface area contributed by atoms with Crippen molar-refractivity contribution in [3.05, 3.63) is 0 Å². The lowest BCUT2D eigenvalue weighted by atomic mass is 9.69. The zero-order valence-corrected chi connectivity index (χ0v) is 11.9. The van der Waals surface area contributed by atoms with E-state index >= 15 is 0 Å². The molecule has 1 aliphatic carbocycles. The molecule has 0 radical (unpaired) electrons. The molecule has 0 atom stereocenters. The Balaban J connectivity index is 2.78. The molecule has 0 aromatic carbocycles. The highest BCUT2D eigenvalue weighted by molar-refractivity contribution is 5.81. The first-order chi connectivity index (χ1) is 7.81. The van der Waals surface area contributed by atoms with Crippen molar-refractivity contribution < 1.29 is 9.53 Å². The van der Waals surface area contributed by atoms with E-state index in [1.807, 2.05) is 6.92 Å². The molecule has 1 N–H and O–H groups in total. The van der Waals surface area contributed by atoms with Crippen LogP contribution in [0.1, 0.15) is 60.3 Å². The zero-order chi connectivity index (χ0) is 13.1. The number of hydrogen-bond donors (Lipinski definition) is 1. The van der Waals surface area contributed by atoms with E-state index in [0.29, 0.717) is 18.1 Å². The lowest BCUT2D eigenvalue weighted by Crippen LogP contribution is -2.58. The minimum atomic E-state index is -0.445. The van der Waals surface area contributed by atoms with E-state index < -0.39 is 5.54 Å². The highest BCUT2D eigenvalue weighted by atomic mass is 16.5. The summed E-state index contributed by atoms with van der Waals surface area (Å²) in [7, 11) is 0. The number of carbonyl (C=O) groups excluding carboxylic acids is 1. The Morgan fingerprint density at radius 2 is 1.76 bits per heavy atom. The second-order valence-corrected chi connectivity index (χ2v) is 6.27. The number of rotatable bonds is 4. The van der Waals surface area contributed by atoms with E-state index in [0.717, 1.165) is 25.7 Å². The molecule has 1 saturated carbocycles. The number of hydrogen-bond acceptors (Lipinski definition) is 3. The molecule has 3 heteroatoms. The fourth-order valence-electron chi connectivity index (χ4n) is 2.58. The Labute approximate surface area is 105 Å². The molecule has 1 rings (SSSR count). The molecular formula is C14H27NO2. The van der Waals surface area contributed by atoms with Crippen molar-refractivity contribution in [3.8, 4) is 0 Å². The van der Waals surface area contributed by atoms with Crippen molar-refractivity contribution in [2.45, 2.75) is 71.9 Å². The summed E-state index contributed by atoms with van der Waals surface area (Å²) in [5.74, 6) is -0.0656. The molecule has 0 aromatic heterocycles. The molecule has 1 aliphatic rings. The topological polar surface area (TPSA) is 38.3 Å². The van der Waals surface area contributed by atoms with Gasteiger partial charge >= 0.3 is 5.97 Å². The van der Waals surface area contributed by atoms with Gasteiger partial charge in [0, 0.05) is 6.04 Å². The summed E-state index contributed by atoms with van der Waals surface area (Å²) in [6.45, 7) is 11.0. The maximum Gasteiger partial charge on any atom is 0.326 e. The lowest BCUT2D eigenvalue weighted by molar-refractivity contribution is -0.154. The summed E-state index contributed by atoms with van der Waals surface area (Å²) in [4.78, 5) is 12.2. The third-order valence-electron chi connectivity index (χ3n) is 3.69. The van der Waals surface area contributed by atoms with Gasteiger partial charge in [-0.1, -0.05) is 13.8 Å². The van der Waals surface area contributed by atoms with Crippen LogP contribution in [0, 0.1) is 5.41 Å². The van der Waals surface area contributed by atoms with Gasteiger partial charge in [-0.2, -0.15) is 0 Å². The largest absolute Gasteiger partial charge is 0.465 e. The van der Waals surface area contributed by atoms with Crippen LogP contribution in [0.25, 0.3) is 0 Å². The quantitative estimate of drug-likeness (QED) is 0.769. The summed E-state index contributed by atoms with van der Waals surface area (Å²) in [5.41, 5.74) is -0.0889. The Morgan fingerprint density at radius 1 is 1.24 bits per heavy atom. The van der Waals surface area contributed by atoms with E-state index in [1.54, 1.807) is 0 Å². The van der Waals surface area contributed by atoms with Gasteiger partial charge in [0.25, 0.3) is 0 Å². The first-order valence-electron chi connectivity index (χ1n) is 6.76. The maximum absolute atomic E-state index is 12.2. The van der Waals surface area contributed by atoms with Crippen LogP contribution in [0.15, 0.2) is 0 Å². The molecule has 17 heavy (non-hydrogen) atoms. The van der Waals surface area contributed by atoms with Crippen molar-refractivity contribution in [1.29, 1.82) is 0 Å². The van der Waals surface area contributed by atoms with E-state index in [9.17, 15) is 4.79 Å². The SMILES string of the molecule is CCOC(=O)C1(NC(C)C)CCC(C)(C)CC1. The predicted molar refractivity (Wildman–Crippen MR) is 69.9 cm³/mol. The molecule has 0 aliphatic heterocycles. The minimum Gasteiger partial charge on any atom is -0.465 e. The Morgan fingerprint density at radius 3 is 2.18 bits per heavy atom. The van der Waals surface area contributed by atoms with Gasteiger partial charge in [-0.25, -0.2) is 0 Å². The first kappa shape index (κ1) is 14.5. The first-order valence-corrected chi connectivity index (χ1v) is 6.76. The van der Waals surface area contributed by atoms with Crippen LogP contribution in [0.5, 0.6) is 0 Å². The van der Waals surface area contributed by atoms with Crippen molar-refractivity contribution in [2.24, 2.45) is 5.41 Å². The molecule has 0 saturated heterocycles. The average molecular weight is 241 g/mol. The molecule has 0 aromatic rings. The van der Waals surface area contributed by atoms with Crippen molar-refractivity contribution in [3.63, 3.8) is 0 Å². The van der Waals surface area contributed by atoms with Crippen molar-refractivity contribution >= 4 is 5.97 Å². The van der Waals surface area contributed by atoms with Gasteiger partial charge in [0.2, 0.25) is 0 Å². The summed E-state index contributed by atoms with van der Waals surface area (Å²) in [6, 6.07) is 0.306.